The summed E-state index contributed by atoms with van der Waals surface area (Å²) in [5.41, 5.74) is 21.8. The van der Waals surface area contributed by atoms with E-state index in [1.165, 1.54) is 6.82 Å². The predicted molar refractivity (Wildman–Crippen MR) is 112 cm³/mol. The topological polar surface area (TPSA) is 141 Å². The van der Waals surface area contributed by atoms with E-state index in [0.29, 0.717) is 79.0 Å². The second kappa shape index (κ2) is 23.8. The van der Waals surface area contributed by atoms with E-state index in [4.69, 9.17) is 41.9 Å². The zero-order valence-electron chi connectivity index (χ0n) is 17.3. The number of rotatable bonds is 20. The standard InChI is InChI=1S/C17H40N4O4.CH3B/c18-5-1-9-22-13-17(14-23-10-2-6-19,15-24-11-3-7-20)16-25-12-4-8-21;1-2/h1-16,18-21H2;1H3. The lowest BCUT2D eigenvalue weighted by Gasteiger charge is -2.33. The van der Waals surface area contributed by atoms with E-state index < -0.39 is 0 Å². The highest BCUT2D eigenvalue weighted by Crippen LogP contribution is 2.21. The van der Waals surface area contributed by atoms with Gasteiger partial charge in [0.05, 0.1) is 39.7 Å². The Labute approximate surface area is 167 Å². The molecule has 0 heterocycles. The van der Waals surface area contributed by atoms with Gasteiger partial charge >= 0.3 is 0 Å². The van der Waals surface area contributed by atoms with E-state index in [-0.39, 0.29) is 5.41 Å². The summed E-state index contributed by atoms with van der Waals surface area (Å²) in [4.78, 5) is 0. The third kappa shape index (κ3) is 18.9. The van der Waals surface area contributed by atoms with Crippen molar-refractivity contribution < 1.29 is 18.9 Å². The molecule has 0 aromatic rings. The van der Waals surface area contributed by atoms with Crippen LogP contribution >= 0.6 is 0 Å². The zero-order chi connectivity index (χ0) is 20.6. The number of nitrogens with two attached hydrogens (primary N) is 4. The average molecular weight is 390 g/mol. The number of hydrogen-bond acceptors (Lipinski definition) is 8. The molecule has 0 rings (SSSR count). The maximum absolute atomic E-state index is 5.82. The van der Waals surface area contributed by atoms with Crippen molar-refractivity contribution in [2.45, 2.75) is 32.5 Å². The van der Waals surface area contributed by atoms with Crippen molar-refractivity contribution in [2.75, 3.05) is 79.0 Å². The molecule has 0 fully saturated rings. The van der Waals surface area contributed by atoms with E-state index >= 15 is 0 Å². The maximum atomic E-state index is 5.82. The monoisotopic (exact) mass is 390 g/mol. The fraction of sp³-hybridized carbons (Fsp3) is 1.00. The highest BCUT2D eigenvalue weighted by atomic mass is 16.5. The van der Waals surface area contributed by atoms with Crippen molar-refractivity contribution in [3.63, 3.8) is 0 Å². The van der Waals surface area contributed by atoms with Crippen LogP contribution in [0.1, 0.15) is 25.7 Å². The molecule has 0 unspecified atom stereocenters. The second-order valence-corrected chi connectivity index (χ2v) is 6.28. The fourth-order valence-corrected chi connectivity index (χ4v) is 2.15. The van der Waals surface area contributed by atoms with E-state index in [0.717, 1.165) is 25.7 Å². The first kappa shape index (κ1) is 29.0. The smallest absolute Gasteiger partial charge is 0.0637 e. The minimum atomic E-state index is -0.355. The van der Waals surface area contributed by atoms with Gasteiger partial charge in [0.15, 0.2) is 0 Å². The van der Waals surface area contributed by atoms with Crippen molar-refractivity contribution in [3.05, 3.63) is 0 Å². The Morgan fingerprint density at radius 1 is 0.519 bits per heavy atom. The SMILES string of the molecule is NCCCOCC(COCCCN)(COCCCN)COCCCN.[B]C. The van der Waals surface area contributed by atoms with Crippen LogP contribution in [0.2, 0.25) is 6.82 Å². The van der Waals surface area contributed by atoms with Crippen LogP contribution in [0.4, 0.5) is 0 Å². The highest BCUT2D eigenvalue weighted by Gasteiger charge is 2.32. The Bertz CT molecular complexity index is 226. The molecule has 0 aliphatic carbocycles. The van der Waals surface area contributed by atoms with Gasteiger partial charge in [-0.3, -0.25) is 0 Å². The average Bonchev–Trinajstić information content (AvgIpc) is 2.71. The molecular weight excluding hydrogens is 347 g/mol. The molecule has 0 aromatic heterocycles. The molecule has 0 saturated carbocycles. The van der Waals surface area contributed by atoms with Crippen LogP contribution in [0.25, 0.3) is 0 Å². The van der Waals surface area contributed by atoms with Crippen molar-refractivity contribution in [3.8, 4) is 0 Å². The molecule has 0 amide bonds. The first-order valence-corrected chi connectivity index (χ1v) is 9.93. The molecule has 0 atom stereocenters. The molecule has 0 aromatic carbocycles. The normalized spacial score (nSPS) is 11.3. The summed E-state index contributed by atoms with van der Waals surface area (Å²) in [6.07, 6.45) is 3.30. The largest absolute Gasteiger partial charge is 0.381 e. The summed E-state index contributed by atoms with van der Waals surface area (Å²) in [7, 11) is 4.50. The van der Waals surface area contributed by atoms with E-state index in [9.17, 15) is 0 Å². The molecule has 8 N–H and O–H groups in total. The Kier molecular flexibility index (Phi) is 25.5. The fourth-order valence-electron chi connectivity index (χ4n) is 2.15. The molecule has 0 spiro atoms. The van der Waals surface area contributed by atoms with Crippen molar-refractivity contribution >= 4 is 7.85 Å². The van der Waals surface area contributed by atoms with Crippen molar-refractivity contribution in [2.24, 2.45) is 28.3 Å². The summed E-state index contributed by atoms with van der Waals surface area (Å²) in [6, 6.07) is 0. The molecule has 162 valence electrons. The van der Waals surface area contributed by atoms with Crippen LogP contribution in [0.15, 0.2) is 0 Å². The minimum absolute atomic E-state index is 0.355. The van der Waals surface area contributed by atoms with E-state index in [1.807, 2.05) is 0 Å². The molecule has 0 bridgehead atoms. The molecule has 8 nitrogen and oxygen atoms in total. The van der Waals surface area contributed by atoms with Gasteiger partial charge in [-0.2, -0.15) is 0 Å². The summed E-state index contributed by atoms with van der Waals surface area (Å²) in [6.45, 7) is 8.42. The highest BCUT2D eigenvalue weighted by molar-refractivity contribution is 6.05. The van der Waals surface area contributed by atoms with Crippen LogP contribution in [0.5, 0.6) is 0 Å². The molecule has 0 aliphatic rings. The van der Waals surface area contributed by atoms with Gasteiger partial charge < -0.3 is 41.9 Å². The first-order valence-electron chi connectivity index (χ1n) is 9.93. The van der Waals surface area contributed by atoms with Gasteiger partial charge in [-0.15, -0.1) is 0 Å². The van der Waals surface area contributed by atoms with E-state index in [1.54, 1.807) is 0 Å². The Balaban J connectivity index is 0. The van der Waals surface area contributed by atoms with Gasteiger partial charge in [0.25, 0.3) is 0 Å². The third-order valence-electron chi connectivity index (χ3n) is 3.60. The van der Waals surface area contributed by atoms with Crippen molar-refractivity contribution in [1.29, 1.82) is 0 Å². The van der Waals surface area contributed by atoms with Gasteiger partial charge in [-0.25, -0.2) is 0 Å². The third-order valence-corrected chi connectivity index (χ3v) is 3.60. The predicted octanol–water partition coefficient (Wildman–Crippen LogP) is -0.363. The minimum Gasteiger partial charge on any atom is -0.381 e. The molecule has 27 heavy (non-hydrogen) atoms. The maximum Gasteiger partial charge on any atom is 0.0637 e. The quantitative estimate of drug-likeness (QED) is 0.163. The molecule has 0 saturated heterocycles. The summed E-state index contributed by atoms with van der Waals surface area (Å²) in [5.74, 6) is 0. The van der Waals surface area contributed by atoms with Crippen LogP contribution in [-0.2, 0) is 18.9 Å². The molecule has 9 heteroatoms. The van der Waals surface area contributed by atoms with Crippen molar-refractivity contribution in [1.82, 2.24) is 0 Å². The summed E-state index contributed by atoms with van der Waals surface area (Å²) in [5, 5.41) is 0. The van der Waals surface area contributed by atoms with Gasteiger partial charge in [0.2, 0.25) is 0 Å². The summed E-state index contributed by atoms with van der Waals surface area (Å²) >= 11 is 0. The lowest BCUT2D eigenvalue weighted by molar-refractivity contribution is -0.107. The van der Waals surface area contributed by atoms with E-state index in [2.05, 4.69) is 7.85 Å². The zero-order valence-corrected chi connectivity index (χ0v) is 17.3. The Morgan fingerprint density at radius 2 is 0.741 bits per heavy atom. The first-order chi connectivity index (χ1) is 13.2. The van der Waals surface area contributed by atoms with Crippen LogP contribution in [0.3, 0.4) is 0 Å². The van der Waals surface area contributed by atoms with Gasteiger partial charge in [0, 0.05) is 26.4 Å². The van der Waals surface area contributed by atoms with Gasteiger partial charge in [-0.1, -0.05) is 6.82 Å². The number of hydrogen-bond donors (Lipinski definition) is 4. The van der Waals surface area contributed by atoms with Crippen LogP contribution in [0, 0.1) is 5.41 Å². The second-order valence-electron chi connectivity index (χ2n) is 6.28. The lowest BCUT2D eigenvalue weighted by atomic mass is 9.92. The van der Waals surface area contributed by atoms with Gasteiger partial charge in [-0.05, 0) is 51.9 Å². The van der Waals surface area contributed by atoms with Crippen LogP contribution in [-0.4, -0.2) is 86.9 Å². The van der Waals surface area contributed by atoms with Gasteiger partial charge in [0.1, 0.15) is 0 Å². The molecule has 2 radical (unpaired) electrons. The molecular formula is C18H43BN4O4. The molecule has 0 aliphatic heterocycles. The summed E-state index contributed by atoms with van der Waals surface area (Å²) < 4.78 is 23.3. The lowest BCUT2D eigenvalue weighted by Crippen LogP contribution is -2.42. The Morgan fingerprint density at radius 3 is 0.926 bits per heavy atom. The number of ether oxygens (including phenoxy) is 4. The Hall–Kier alpha value is -0.255. The van der Waals surface area contributed by atoms with Crippen LogP contribution < -0.4 is 22.9 Å².